The molecule has 138 valence electrons. The molecule has 2 aromatic carbocycles. The molecule has 0 saturated carbocycles. The second kappa shape index (κ2) is 7.12. The predicted molar refractivity (Wildman–Crippen MR) is 108 cm³/mol. The number of rotatable bonds is 2. The summed E-state index contributed by atoms with van der Waals surface area (Å²) in [6, 6.07) is 13.6. The van der Waals surface area contributed by atoms with E-state index in [1.807, 2.05) is 24.3 Å². The number of amides is 4. The summed E-state index contributed by atoms with van der Waals surface area (Å²) in [5.74, 6) is -1.34. The maximum Gasteiger partial charge on any atom is 0.335 e. The quantitative estimate of drug-likeness (QED) is 0.570. The average Bonchev–Trinajstić information content (AvgIpc) is 2.60. The number of benzene rings is 2. The number of carbonyl (C=O) groups excluding carboxylic acids is 3. The van der Waals surface area contributed by atoms with E-state index in [2.05, 4.69) is 42.0 Å². The first kappa shape index (κ1) is 19.0. The highest BCUT2D eigenvalue weighted by Crippen LogP contribution is 2.25. The van der Waals surface area contributed by atoms with Gasteiger partial charge in [-0.1, -0.05) is 61.0 Å². The highest BCUT2D eigenvalue weighted by Gasteiger charge is 2.36. The van der Waals surface area contributed by atoms with Gasteiger partial charge in [-0.2, -0.15) is 0 Å². The molecule has 2 aromatic rings. The molecule has 0 spiro atoms. The van der Waals surface area contributed by atoms with Gasteiger partial charge in [0, 0.05) is 4.47 Å². The average molecular weight is 427 g/mol. The van der Waals surface area contributed by atoms with Crippen LogP contribution in [0.25, 0.3) is 6.08 Å². The third kappa shape index (κ3) is 4.01. The van der Waals surface area contributed by atoms with E-state index < -0.39 is 17.8 Å². The molecule has 4 amide bonds. The van der Waals surface area contributed by atoms with E-state index in [1.54, 1.807) is 24.3 Å². The Balaban J connectivity index is 1.95. The lowest BCUT2D eigenvalue weighted by Gasteiger charge is -2.26. The summed E-state index contributed by atoms with van der Waals surface area (Å²) in [6.45, 7) is 6.33. The van der Waals surface area contributed by atoms with Crippen molar-refractivity contribution in [3.8, 4) is 0 Å². The van der Waals surface area contributed by atoms with Gasteiger partial charge in [-0.3, -0.25) is 14.9 Å². The Kier molecular flexibility index (Phi) is 5.02. The number of imide groups is 2. The maximum atomic E-state index is 12.8. The summed E-state index contributed by atoms with van der Waals surface area (Å²) < 4.78 is 0.821. The molecule has 27 heavy (non-hydrogen) atoms. The third-order valence-corrected chi connectivity index (χ3v) is 4.80. The van der Waals surface area contributed by atoms with Gasteiger partial charge in [0.05, 0.1) is 5.69 Å². The predicted octanol–water partition coefficient (Wildman–Crippen LogP) is 4.41. The van der Waals surface area contributed by atoms with Crippen molar-refractivity contribution in [2.45, 2.75) is 26.2 Å². The van der Waals surface area contributed by atoms with Crippen LogP contribution in [0.2, 0.25) is 0 Å². The number of hydrogen-bond acceptors (Lipinski definition) is 3. The van der Waals surface area contributed by atoms with Crippen molar-refractivity contribution >= 4 is 45.5 Å². The number of nitrogens with zero attached hydrogens (tertiary/aromatic N) is 1. The molecule has 5 nitrogen and oxygen atoms in total. The Morgan fingerprint density at radius 1 is 0.926 bits per heavy atom. The molecule has 1 heterocycles. The van der Waals surface area contributed by atoms with E-state index in [1.165, 1.54) is 6.08 Å². The second-order valence-electron chi connectivity index (χ2n) is 7.31. The summed E-state index contributed by atoms with van der Waals surface area (Å²) in [4.78, 5) is 38.2. The van der Waals surface area contributed by atoms with Crippen LogP contribution < -0.4 is 10.2 Å². The molecule has 1 saturated heterocycles. The first-order valence-electron chi connectivity index (χ1n) is 8.44. The minimum Gasteiger partial charge on any atom is -0.273 e. The zero-order valence-corrected chi connectivity index (χ0v) is 16.8. The summed E-state index contributed by atoms with van der Waals surface area (Å²) in [5, 5.41) is 2.23. The molecule has 0 bridgehead atoms. The topological polar surface area (TPSA) is 66.5 Å². The van der Waals surface area contributed by atoms with Gasteiger partial charge in [0.1, 0.15) is 5.57 Å². The van der Waals surface area contributed by atoms with Crippen LogP contribution in [0.5, 0.6) is 0 Å². The number of nitrogens with one attached hydrogen (secondary N) is 1. The van der Waals surface area contributed by atoms with Crippen molar-refractivity contribution in [3.63, 3.8) is 0 Å². The molecule has 0 unspecified atom stereocenters. The Morgan fingerprint density at radius 2 is 1.52 bits per heavy atom. The molecule has 6 heteroatoms. The standard InChI is InChI=1S/C21H19BrN2O3/c1-21(2,3)14-6-4-13(5-7-14)12-17-18(25)23-20(27)24(19(17)26)16-10-8-15(22)9-11-16/h4-12H,1-3H3,(H,23,25,27)/b17-12+. The molecular weight excluding hydrogens is 408 g/mol. The molecule has 0 aliphatic carbocycles. The summed E-state index contributed by atoms with van der Waals surface area (Å²) >= 11 is 3.32. The van der Waals surface area contributed by atoms with Crippen molar-refractivity contribution in [1.82, 2.24) is 5.32 Å². The van der Waals surface area contributed by atoms with Crippen LogP contribution in [0.3, 0.4) is 0 Å². The summed E-state index contributed by atoms with van der Waals surface area (Å²) in [7, 11) is 0. The second-order valence-corrected chi connectivity index (χ2v) is 8.22. The zero-order valence-electron chi connectivity index (χ0n) is 15.2. The minimum absolute atomic E-state index is 0.00844. The normalized spacial score (nSPS) is 16.7. The Morgan fingerprint density at radius 3 is 2.07 bits per heavy atom. The summed E-state index contributed by atoms with van der Waals surface area (Å²) in [5.41, 5.74) is 2.18. The van der Waals surface area contributed by atoms with Crippen LogP contribution in [0, 0.1) is 0 Å². The van der Waals surface area contributed by atoms with Crippen LogP contribution in [-0.2, 0) is 15.0 Å². The van der Waals surface area contributed by atoms with Gasteiger partial charge in [-0.15, -0.1) is 0 Å². The van der Waals surface area contributed by atoms with Crippen LogP contribution in [0.1, 0.15) is 31.9 Å². The van der Waals surface area contributed by atoms with Gasteiger partial charge in [0.25, 0.3) is 11.8 Å². The smallest absolute Gasteiger partial charge is 0.273 e. The van der Waals surface area contributed by atoms with E-state index in [0.29, 0.717) is 11.3 Å². The van der Waals surface area contributed by atoms with Crippen molar-refractivity contribution < 1.29 is 14.4 Å². The largest absolute Gasteiger partial charge is 0.335 e. The number of halogens is 1. The van der Waals surface area contributed by atoms with E-state index in [-0.39, 0.29) is 11.0 Å². The number of urea groups is 1. The van der Waals surface area contributed by atoms with Crippen LogP contribution in [-0.4, -0.2) is 17.8 Å². The molecular formula is C21H19BrN2O3. The number of carbonyl (C=O) groups is 3. The maximum absolute atomic E-state index is 12.8. The van der Waals surface area contributed by atoms with Crippen molar-refractivity contribution in [2.24, 2.45) is 0 Å². The molecule has 0 aromatic heterocycles. The molecule has 0 atom stereocenters. The fraction of sp³-hybridized carbons (Fsp3) is 0.190. The van der Waals surface area contributed by atoms with Gasteiger partial charge in [-0.25, -0.2) is 9.69 Å². The van der Waals surface area contributed by atoms with Crippen LogP contribution in [0.15, 0.2) is 58.6 Å². The molecule has 0 radical (unpaired) electrons. The molecule has 1 fully saturated rings. The van der Waals surface area contributed by atoms with E-state index in [4.69, 9.17) is 0 Å². The number of anilines is 1. The fourth-order valence-electron chi connectivity index (χ4n) is 2.73. The van der Waals surface area contributed by atoms with Gasteiger partial charge in [0.15, 0.2) is 0 Å². The highest BCUT2D eigenvalue weighted by atomic mass is 79.9. The lowest BCUT2D eigenvalue weighted by molar-refractivity contribution is -0.122. The lowest BCUT2D eigenvalue weighted by Crippen LogP contribution is -2.54. The lowest BCUT2D eigenvalue weighted by atomic mass is 9.86. The number of hydrogen-bond donors (Lipinski definition) is 1. The zero-order chi connectivity index (χ0) is 19.8. The van der Waals surface area contributed by atoms with Crippen LogP contribution in [0.4, 0.5) is 10.5 Å². The molecule has 1 aliphatic heterocycles. The van der Waals surface area contributed by atoms with E-state index in [9.17, 15) is 14.4 Å². The monoisotopic (exact) mass is 426 g/mol. The van der Waals surface area contributed by atoms with Crippen LogP contribution >= 0.6 is 15.9 Å². The van der Waals surface area contributed by atoms with Crippen molar-refractivity contribution in [1.29, 1.82) is 0 Å². The van der Waals surface area contributed by atoms with Crippen molar-refractivity contribution in [3.05, 3.63) is 69.7 Å². The highest BCUT2D eigenvalue weighted by molar-refractivity contribution is 9.10. The minimum atomic E-state index is -0.757. The van der Waals surface area contributed by atoms with E-state index >= 15 is 0 Å². The van der Waals surface area contributed by atoms with Gasteiger partial charge >= 0.3 is 6.03 Å². The fourth-order valence-corrected chi connectivity index (χ4v) is 2.99. The SMILES string of the molecule is CC(C)(C)c1ccc(/C=C2\C(=O)NC(=O)N(c3ccc(Br)cc3)C2=O)cc1. The molecule has 3 rings (SSSR count). The van der Waals surface area contributed by atoms with Crippen molar-refractivity contribution in [2.75, 3.05) is 4.90 Å². The summed E-state index contributed by atoms with van der Waals surface area (Å²) in [6.07, 6.45) is 1.50. The molecule has 1 N–H and O–H groups in total. The Bertz CT molecular complexity index is 939. The van der Waals surface area contributed by atoms with E-state index in [0.717, 1.165) is 14.9 Å². The van der Waals surface area contributed by atoms with Gasteiger partial charge < -0.3 is 0 Å². The first-order valence-corrected chi connectivity index (χ1v) is 9.24. The Labute approximate surface area is 166 Å². The third-order valence-electron chi connectivity index (χ3n) is 4.27. The molecule has 1 aliphatic rings. The Hall–Kier alpha value is -2.73. The van der Waals surface area contributed by atoms with Gasteiger partial charge in [-0.05, 0) is 46.9 Å². The number of barbiturate groups is 1. The first-order chi connectivity index (χ1) is 12.7. The van der Waals surface area contributed by atoms with Gasteiger partial charge in [0.2, 0.25) is 0 Å².